The predicted octanol–water partition coefficient (Wildman–Crippen LogP) is 2.82. The van der Waals surface area contributed by atoms with Crippen LogP contribution >= 0.6 is 0 Å². The van der Waals surface area contributed by atoms with Gasteiger partial charge in [0.2, 0.25) is 0 Å². The summed E-state index contributed by atoms with van der Waals surface area (Å²) in [5.74, 6) is -0.372. The Bertz CT molecular complexity index is 578. The van der Waals surface area contributed by atoms with Crippen LogP contribution in [0.4, 0.5) is 13.2 Å². The number of rotatable bonds is 3. The molecular weight excluding hydrogens is 283 g/mol. The molecule has 0 fully saturated rings. The van der Waals surface area contributed by atoms with Crippen molar-refractivity contribution < 1.29 is 25.8 Å². The van der Waals surface area contributed by atoms with E-state index in [1.54, 1.807) is 6.21 Å². The van der Waals surface area contributed by atoms with Crippen molar-refractivity contribution in [3.8, 4) is 5.75 Å². The zero-order chi connectivity index (χ0) is 14.1. The van der Waals surface area contributed by atoms with Gasteiger partial charge >= 0.3 is 15.6 Å². The van der Waals surface area contributed by atoms with Gasteiger partial charge in [-0.2, -0.15) is 21.6 Å². The van der Waals surface area contributed by atoms with Crippen molar-refractivity contribution >= 4 is 16.3 Å². The van der Waals surface area contributed by atoms with Crippen LogP contribution < -0.4 is 4.18 Å². The van der Waals surface area contributed by atoms with Gasteiger partial charge in [0.25, 0.3) is 0 Å². The lowest BCUT2D eigenvalue weighted by Crippen LogP contribution is -2.28. The summed E-state index contributed by atoms with van der Waals surface area (Å²) in [4.78, 5) is 4.19. The third-order valence-corrected chi connectivity index (χ3v) is 3.59. The molecule has 0 aliphatic carbocycles. The highest BCUT2D eigenvalue weighted by atomic mass is 32.2. The van der Waals surface area contributed by atoms with E-state index in [-0.39, 0.29) is 11.8 Å². The van der Waals surface area contributed by atoms with Gasteiger partial charge in [-0.15, -0.1) is 0 Å². The Labute approximate surface area is 108 Å². The Morgan fingerprint density at radius 2 is 1.84 bits per heavy atom. The molecule has 1 aromatic rings. The van der Waals surface area contributed by atoms with E-state index in [0.29, 0.717) is 0 Å². The largest absolute Gasteiger partial charge is 0.534 e. The fraction of sp³-hybridized carbons (Fsp3) is 0.364. The van der Waals surface area contributed by atoms with E-state index < -0.39 is 15.6 Å². The van der Waals surface area contributed by atoms with Crippen molar-refractivity contribution in [2.24, 2.45) is 4.99 Å². The van der Waals surface area contributed by atoms with Crippen LogP contribution in [-0.4, -0.2) is 20.1 Å². The molecule has 104 valence electrons. The summed E-state index contributed by atoms with van der Waals surface area (Å²) in [7, 11) is -5.61. The summed E-state index contributed by atoms with van der Waals surface area (Å²) in [5.41, 5.74) is -4.62. The molecule has 0 bridgehead atoms. The Morgan fingerprint density at radius 1 is 1.21 bits per heavy atom. The van der Waals surface area contributed by atoms with Gasteiger partial charge < -0.3 is 4.18 Å². The molecule has 4 nitrogen and oxygen atoms in total. The average Bonchev–Trinajstić information content (AvgIpc) is 2.81. The molecule has 0 spiro atoms. The number of aliphatic imine (C=N–C) groups is 1. The van der Waals surface area contributed by atoms with Crippen LogP contribution in [0.1, 0.15) is 24.4 Å². The summed E-state index contributed by atoms with van der Waals surface area (Å²) >= 11 is 0. The Hall–Kier alpha value is -1.57. The Balaban J connectivity index is 2.13. The van der Waals surface area contributed by atoms with Gasteiger partial charge in [-0.3, -0.25) is 4.99 Å². The van der Waals surface area contributed by atoms with Crippen molar-refractivity contribution in [3.05, 3.63) is 29.8 Å². The van der Waals surface area contributed by atoms with E-state index in [4.69, 9.17) is 0 Å². The third kappa shape index (κ3) is 3.06. The molecule has 1 unspecified atom stereocenters. The molecule has 1 aromatic carbocycles. The van der Waals surface area contributed by atoms with Crippen molar-refractivity contribution in [2.75, 3.05) is 0 Å². The average molecular weight is 293 g/mol. The molecular formula is C11H10F3NO3S. The molecule has 1 heterocycles. The van der Waals surface area contributed by atoms with Crippen molar-refractivity contribution in [2.45, 2.75) is 24.4 Å². The predicted molar refractivity (Wildman–Crippen MR) is 62.5 cm³/mol. The van der Waals surface area contributed by atoms with Crippen molar-refractivity contribution in [1.82, 2.24) is 0 Å². The van der Waals surface area contributed by atoms with Gasteiger partial charge in [-0.05, 0) is 36.8 Å². The second-order valence-corrected chi connectivity index (χ2v) is 5.51. The van der Waals surface area contributed by atoms with Crippen LogP contribution in [-0.2, 0) is 10.1 Å². The van der Waals surface area contributed by atoms with Gasteiger partial charge in [0, 0.05) is 0 Å². The number of halogens is 3. The molecule has 19 heavy (non-hydrogen) atoms. The molecule has 2 rings (SSSR count). The number of benzene rings is 1. The maximum Gasteiger partial charge on any atom is 0.534 e. The third-order valence-electron chi connectivity index (χ3n) is 2.61. The molecule has 8 heteroatoms. The summed E-state index contributed by atoms with van der Waals surface area (Å²) in [6.45, 7) is 0. The number of hydrogen-bond acceptors (Lipinski definition) is 4. The lowest BCUT2D eigenvalue weighted by Gasteiger charge is -2.11. The fourth-order valence-corrected chi connectivity index (χ4v) is 2.14. The van der Waals surface area contributed by atoms with Gasteiger partial charge in [0.1, 0.15) is 5.75 Å². The van der Waals surface area contributed by atoms with Gasteiger partial charge in [-0.1, -0.05) is 12.1 Å². The maximum absolute atomic E-state index is 12.1. The van der Waals surface area contributed by atoms with E-state index in [9.17, 15) is 21.6 Å². The van der Waals surface area contributed by atoms with E-state index in [2.05, 4.69) is 9.18 Å². The van der Waals surface area contributed by atoms with E-state index in [1.165, 1.54) is 24.3 Å². The normalized spacial score (nSPS) is 19.6. The number of nitrogens with zero attached hydrogens (tertiary/aromatic N) is 1. The number of alkyl halides is 3. The molecule has 0 amide bonds. The molecule has 0 aromatic heterocycles. The Morgan fingerprint density at radius 3 is 2.32 bits per heavy atom. The molecule has 0 N–H and O–H groups in total. The first kappa shape index (κ1) is 13.9. The number of hydrogen-bond donors (Lipinski definition) is 0. The summed E-state index contributed by atoms with van der Waals surface area (Å²) < 4.78 is 61.9. The SMILES string of the molecule is O=S(=O)(Oc1ccc(C2CCC=N2)cc1)C(F)(F)F. The van der Waals surface area contributed by atoms with Gasteiger partial charge in [0.05, 0.1) is 6.04 Å². The first-order valence-corrected chi connectivity index (χ1v) is 6.83. The van der Waals surface area contributed by atoms with Crippen LogP contribution in [0.15, 0.2) is 29.3 Å². The molecule has 0 saturated heterocycles. The highest BCUT2D eigenvalue weighted by molar-refractivity contribution is 7.87. The van der Waals surface area contributed by atoms with E-state index >= 15 is 0 Å². The molecule has 1 aliphatic rings. The first-order valence-electron chi connectivity index (χ1n) is 5.42. The maximum atomic E-state index is 12.1. The quantitative estimate of drug-likeness (QED) is 0.636. The van der Waals surface area contributed by atoms with Crippen LogP contribution in [0.25, 0.3) is 0 Å². The smallest absolute Gasteiger partial charge is 0.376 e. The molecule has 1 atom stereocenters. The second-order valence-electron chi connectivity index (χ2n) is 3.98. The summed E-state index contributed by atoms with van der Waals surface area (Å²) in [6.07, 6.45) is 3.47. The first-order chi connectivity index (χ1) is 8.79. The summed E-state index contributed by atoms with van der Waals surface area (Å²) in [6, 6.07) is 5.37. The zero-order valence-electron chi connectivity index (χ0n) is 9.59. The minimum atomic E-state index is -5.61. The highest BCUT2D eigenvalue weighted by Crippen LogP contribution is 2.30. The van der Waals surface area contributed by atoms with Crippen LogP contribution in [0, 0.1) is 0 Å². The lowest BCUT2D eigenvalue weighted by atomic mass is 10.1. The minimum Gasteiger partial charge on any atom is -0.376 e. The lowest BCUT2D eigenvalue weighted by molar-refractivity contribution is -0.0500. The van der Waals surface area contributed by atoms with E-state index in [0.717, 1.165) is 18.4 Å². The van der Waals surface area contributed by atoms with Gasteiger partial charge in [-0.25, -0.2) is 0 Å². The zero-order valence-corrected chi connectivity index (χ0v) is 10.4. The molecule has 0 radical (unpaired) electrons. The van der Waals surface area contributed by atoms with Crippen molar-refractivity contribution in [3.63, 3.8) is 0 Å². The topological polar surface area (TPSA) is 55.7 Å². The van der Waals surface area contributed by atoms with Crippen molar-refractivity contribution in [1.29, 1.82) is 0 Å². The van der Waals surface area contributed by atoms with Crippen LogP contribution in [0.2, 0.25) is 0 Å². The van der Waals surface area contributed by atoms with Crippen LogP contribution in [0.3, 0.4) is 0 Å². The Kier molecular flexibility index (Phi) is 3.53. The highest BCUT2D eigenvalue weighted by Gasteiger charge is 2.48. The minimum absolute atomic E-state index is 0.0201. The second kappa shape index (κ2) is 4.84. The van der Waals surface area contributed by atoms with E-state index in [1.807, 2.05) is 0 Å². The van der Waals surface area contributed by atoms with Gasteiger partial charge in [0.15, 0.2) is 0 Å². The van der Waals surface area contributed by atoms with Crippen LogP contribution in [0.5, 0.6) is 5.75 Å². The fourth-order valence-electron chi connectivity index (χ4n) is 1.68. The molecule has 0 saturated carbocycles. The standard InChI is InChI=1S/C11H10F3NO3S/c12-11(13,14)19(16,17)18-9-5-3-8(4-6-9)10-2-1-7-15-10/h3-7,10H,1-2H2. The molecule has 1 aliphatic heterocycles. The monoisotopic (exact) mass is 293 g/mol. The summed E-state index contributed by atoms with van der Waals surface area (Å²) in [5, 5.41) is 0.